The molecular formula is C24H24ClN3O3. The fourth-order valence-corrected chi connectivity index (χ4v) is 3.30. The Hall–Kier alpha value is -3.38. The number of carbonyl (C=O) groups excluding carboxylic acids is 1. The minimum atomic E-state index is -0.135. The first-order valence-corrected chi connectivity index (χ1v) is 10.2. The highest BCUT2D eigenvalue weighted by Gasteiger charge is 2.14. The molecule has 0 aliphatic heterocycles. The molecule has 1 aromatic carbocycles. The van der Waals surface area contributed by atoms with Gasteiger partial charge in [-0.1, -0.05) is 17.7 Å². The highest BCUT2D eigenvalue weighted by atomic mass is 35.5. The van der Waals surface area contributed by atoms with Crippen molar-refractivity contribution < 1.29 is 14.3 Å². The third-order valence-corrected chi connectivity index (χ3v) is 4.77. The van der Waals surface area contributed by atoms with Crippen LogP contribution in [0.25, 0.3) is 6.08 Å². The maximum atomic E-state index is 13.0. The quantitative estimate of drug-likeness (QED) is 0.451. The zero-order valence-corrected chi connectivity index (χ0v) is 18.2. The van der Waals surface area contributed by atoms with E-state index in [1.165, 1.54) is 6.08 Å². The van der Waals surface area contributed by atoms with Crippen molar-refractivity contribution in [3.05, 3.63) is 89.0 Å². The van der Waals surface area contributed by atoms with Crippen LogP contribution in [0.2, 0.25) is 5.02 Å². The smallest absolute Gasteiger partial charge is 0.247 e. The molecule has 0 fully saturated rings. The van der Waals surface area contributed by atoms with Crippen molar-refractivity contribution in [3.8, 4) is 11.5 Å². The third-order valence-electron chi connectivity index (χ3n) is 4.49. The molecule has 31 heavy (non-hydrogen) atoms. The van der Waals surface area contributed by atoms with E-state index in [9.17, 15) is 4.79 Å². The van der Waals surface area contributed by atoms with Crippen LogP contribution in [0.4, 0.5) is 0 Å². The summed E-state index contributed by atoms with van der Waals surface area (Å²) in [6.07, 6.45) is 10.1. The molecule has 3 rings (SSSR count). The summed E-state index contributed by atoms with van der Waals surface area (Å²) in [4.78, 5) is 23.0. The maximum Gasteiger partial charge on any atom is 0.247 e. The van der Waals surface area contributed by atoms with E-state index >= 15 is 0 Å². The Morgan fingerprint density at radius 2 is 1.87 bits per heavy atom. The average molecular weight is 438 g/mol. The molecule has 0 unspecified atom stereocenters. The van der Waals surface area contributed by atoms with E-state index in [4.69, 9.17) is 21.1 Å². The number of aromatic nitrogens is 2. The Bertz CT molecular complexity index is 985. The van der Waals surface area contributed by atoms with Gasteiger partial charge in [0.2, 0.25) is 5.91 Å². The van der Waals surface area contributed by atoms with Crippen LogP contribution in [0.5, 0.6) is 11.5 Å². The zero-order valence-electron chi connectivity index (χ0n) is 17.5. The number of carbonyl (C=O) groups is 1. The van der Waals surface area contributed by atoms with Crippen molar-refractivity contribution in [1.82, 2.24) is 14.9 Å². The number of amides is 1. The van der Waals surface area contributed by atoms with Gasteiger partial charge in [0.15, 0.2) is 11.5 Å². The zero-order chi connectivity index (χ0) is 22.1. The Morgan fingerprint density at radius 3 is 2.55 bits per heavy atom. The van der Waals surface area contributed by atoms with Crippen LogP contribution in [0.1, 0.15) is 23.6 Å². The van der Waals surface area contributed by atoms with Crippen molar-refractivity contribution in [3.63, 3.8) is 0 Å². The number of halogens is 1. The van der Waals surface area contributed by atoms with Gasteiger partial charge in [0.05, 0.1) is 18.7 Å². The van der Waals surface area contributed by atoms with Gasteiger partial charge in [0.1, 0.15) is 0 Å². The molecule has 0 bridgehead atoms. The van der Waals surface area contributed by atoms with Crippen LogP contribution in [0.15, 0.2) is 67.3 Å². The number of pyridine rings is 2. The molecule has 2 aromatic heterocycles. The first-order valence-electron chi connectivity index (χ1n) is 9.85. The molecule has 3 aromatic rings. The molecule has 0 saturated heterocycles. The first kappa shape index (κ1) is 22.3. The lowest BCUT2D eigenvalue weighted by atomic mass is 10.1. The largest absolute Gasteiger partial charge is 0.493 e. The number of benzene rings is 1. The molecule has 0 aliphatic carbocycles. The van der Waals surface area contributed by atoms with Crippen molar-refractivity contribution in [2.75, 3.05) is 13.7 Å². The molecule has 0 aliphatic rings. The molecule has 0 radical (unpaired) electrons. The average Bonchev–Trinajstić information content (AvgIpc) is 2.80. The van der Waals surface area contributed by atoms with Crippen molar-refractivity contribution >= 4 is 23.6 Å². The van der Waals surface area contributed by atoms with Crippen LogP contribution in [-0.4, -0.2) is 34.5 Å². The molecule has 160 valence electrons. The molecule has 2 heterocycles. The Balaban J connectivity index is 1.82. The summed E-state index contributed by atoms with van der Waals surface area (Å²) in [6, 6.07) is 11.1. The number of methoxy groups -OCH3 is 1. The molecular weight excluding hydrogens is 414 g/mol. The lowest BCUT2D eigenvalue weighted by Crippen LogP contribution is -2.28. The number of ether oxygens (including phenoxy) is 2. The van der Waals surface area contributed by atoms with Gasteiger partial charge in [-0.05, 0) is 60.0 Å². The summed E-state index contributed by atoms with van der Waals surface area (Å²) in [5, 5.41) is 0.428. The second-order valence-electron chi connectivity index (χ2n) is 6.71. The summed E-state index contributed by atoms with van der Waals surface area (Å²) < 4.78 is 10.9. The monoisotopic (exact) mass is 437 g/mol. The summed E-state index contributed by atoms with van der Waals surface area (Å²) in [5.74, 6) is 0.876. The van der Waals surface area contributed by atoms with Crippen LogP contribution in [0.3, 0.4) is 0 Å². The predicted octanol–water partition coefficient (Wildman–Crippen LogP) is 4.78. The SMILES string of the molecule is CCOc1c(Cl)cc(/C=C/C(=O)N(Cc2ccncc2)Cc2cccnc2)cc1OC. The second-order valence-corrected chi connectivity index (χ2v) is 7.12. The molecule has 0 spiro atoms. The van der Waals surface area contributed by atoms with Crippen molar-refractivity contribution in [1.29, 1.82) is 0 Å². The van der Waals surface area contributed by atoms with Gasteiger partial charge >= 0.3 is 0 Å². The summed E-state index contributed by atoms with van der Waals surface area (Å²) in [5.41, 5.74) is 2.68. The predicted molar refractivity (Wildman–Crippen MR) is 121 cm³/mol. The summed E-state index contributed by atoms with van der Waals surface area (Å²) >= 11 is 6.34. The number of hydrogen-bond donors (Lipinski definition) is 0. The molecule has 0 saturated carbocycles. The van der Waals surface area contributed by atoms with E-state index in [2.05, 4.69) is 9.97 Å². The van der Waals surface area contributed by atoms with Crippen molar-refractivity contribution in [2.24, 2.45) is 0 Å². The molecule has 0 atom stereocenters. The van der Waals surface area contributed by atoms with Gasteiger partial charge in [-0.3, -0.25) is 14.8 Å². The number of hydrogen-bond acceptors (Lipinski definition) is 5. The standard InChI is InChI=1S/C24H24ClN3O3/c1-3-31-24-21(25)13-19(14-22(24)30-2)6-7-23(29)28(16-18-8-11-26-12-9-18)17-20-5-4-10-27-15-20/h4-15H,3,16-17H2,1-2H3/b7-6+. The molecule has 6 nitrogen and oxygen atoms in total. The van der Waals surface area contributed by atoms with Crippen molar-refractivity contribution in [2.45, 2.75) is 20.0 Å². The molecule has 0 N–H and O–H groups in total. The topological polar surface area (TPSA) is 64.5 Å². The molecule has 1 amide bonds. The van der Waals surface area contributed by atoms with E-state index in [0.29, 0.717) is 36.2 Å². The third kappa shape index (κ3) is 6.30. The van der Waals surface area contributed by atoms with E-state index in [1.807, 2.05) is 31.2 Å². The van der Waals surface area contributed by atoms with E-state index in [-0.39, 0.29) is 5.91 Å². The minimum absolute atomic E-state index is 0.135. The fourth-order valence-electron chi connectivity index (χ4n) is 3.03. The summed E-state index contributed by atoms with van der Waals surface area (Å²) in [7, 11) is 1.55. The normalized spacial score (nSPS) is 10.8. The van der Waals surface area contributed by atoms with Gasteiger partial charge in [0, 0.05) is 44.0 Å². The Kier molecular flexibility index (Phi) is 8.01. The Morgan fingerprint density at radius 1 is 1.10 bits per heavy atom. The fraction of sp³-hybridized carbons (Fsp3) is 0.208. The lowest BCUT2D eigenvalue weighted by Gasteiger charge is -2.21. The molecule has 7 heteroatoms. The highest BCUT2D eigenvalue weighted by Crippen LogP contribution is 2.36. The van der Waals surface area contributed by atoms with E-state index < -0.39 is 0 Å². The van der Waals surface area contributed by atoms with Gasteiger partial charge in [-0.2, -0.15) is 0 Å². The van der Waals surface area contributed by atoms with E-state index in [0.717, 1.165) is 16.7 Å². The van der Waals surface area contributed by atoms with Gasteiger partial charge in [-0.15, -0.1) is 0 Å². The van der Waals surface area contributed by atoms with E-state index in [1.54, 1.807) is 55.0 Å². The van der Waals surface area contributed by atoms with Gasteiger partial charge < -0.3 is 14.4 Å². The second kappa shape index (κ2) is 11.1. The number of rotatable bonds is 9. The van der Waals surface area contributed by atoms with Gasteiger partial charge in [-0.25, -0.2) is 0 Å². The minimum Gasteiger partial charge on any atom is -0.493 e. The van der Waals surface area contributed by atoms with Crippen LogP contribution < -0.4 is 9.47 Å². The highest BCUT2D eigenvalue weighted by molar-refractivity contribution is 6.32. The van der Waals surface area contributed by atoms with Crippen LogP contribution in [-0.2, 0) is 17.9 Å². The first-order chi connectivity index (χ1) is 15.1. The van der Waals surface area contributed by atoms with Crippen LogP contribution >= 0.6 is 11.6 Å². The maximum absolute atomic E-state index is 13.0. The Labute approximate surface area is 187 Å². The number of nitrogens with zero attached hydrogens (tertiary/aromatic N) is 3. The lowest BCUT2D eigenvalue weighted by molar-refractivity contribution is -0.127. The summed E-state index contributed by atoms with van der Waals surface area (Å²) in [6.45, 7) is 3.24. The van der Waals surface area contributed by atoms with Crippen LogP contribution in [0, 0.1) is 0 Å². The van der Waals surface area contributed by atoms with Gasteiger partial charge in [0.25, 0.3) is 0 Å².